The van der Waals surface area contributed by atoms with Crippen LogP contribution in [0.1, 0.15) is 11.6 Å². The molecule has 0 aliphatic carbocycles. The summed E-state index contributed by atoms with van der Waals surface area (Å²) >= 11 is 5.94. The quantitative estimate of drug-likeness (QED) is 0.452. The molecular weight excluding hydrogens is 366 g/mol. The first-order valence-electron chi connectivity index (χ1n) is 7.08. The number of carbonyl (C=O) groups is 1. The number of benzene rings is 1. The molecular formula is C14H9N5O4S2. The fourth-order valence-electron chi connectivity index (χ4n) is 2.86. The number of hydrogen-bond donors (Lipinski definition) is 2. The predicted octanol–water partition coefficient (Wildman–Crippen LogP) is 1.36. The summed E-state index contributed by atoms with van der Waals surface area (Å²) in [6.07, 6.45) is 1.28. The number of nitrogens with one attached hydrogen (secondary N) is 1. The summed E-state index contributed by atoms with van der Waals surface area (Å²) in [6, 6.07) is 5.89. The van der Waals surface area contributed by atoms with Gasteiger partial charge in [-0.05, 0) is 18.3 Å². The molecule has 0 fully saturated rings. The van der Waals surface area contributed by atoms with E-state index in [1.54, 1.807) is 18.2 Å². The fourth-order valence-corrected chi connectivity index (χ4v) is 3.88. The van der Waals surface area contributed by atoms with Gasteiger partial charge < -0.3 is 10.4 Å². The van der Waals surface area contributed by atoms with E-state index in [1.165, 1.54) is 17.2 Å². The van der Waals surface area contributed by atoms with Crippen molar-refractivity contribution in [3.63, 3.8) is 0 Å². The molecule has 0 radical (unpaired) electrons. The van der Waals surface area contributed by atoms with Crippen LogP contribution in [0, 0.1) is 16.0 Å². The van der Waals surface area contributed by atoms with Gasteiger partial charge in [0.1, 0.15) is 17.5 Å². The molecule has 2 N–H and O–H groups in total. The Labute approximate surface area is 150 Å². The second-order valence-electron chi connectivity index (χ2n) is 5.36. The maximum absolute atomic E-state index is 12.6. The summed E-state index contributed by atoms with van der Waals surface area (Å²) in [5.74, 6) is -1.09. The number of para-hydroxylation sites is 1. The zero-order chi connectivity index (χ0) is 17.7. The highest BCUT2D eigenvalue weighted by Gasteiger charge is 2.48. The van der Waals surface area contributed by atoms with Gasteiger partial charge in [-0.1, -0.05) is 18.2 Å². The third kappa shape index (κ3) is 2.48. The smallest absolute Gasteiger partial charge is 0.327 e. The molecule has 126 valence electrons. The highest BCUT2D eigenvalue weighted by Crippen LogP contribution is 2.40. The third-order valence-corrected chi connectivity index (χ3v) is 5.06. The number of nitro groups is 1. The minimum absolute atomic E-state index is 0.00365. The van der Waals surface area contributed by atoms with Crippen LogP contribution in [0.3, 0.4) is 0 Å². The minimum atomic E-state index is -0.855. The van der Waals surface area contributed by atoms with E-state index >= 15 is 0 Å². The van der Waals surface area contributed by atoms with Gasteiger partial charge in [0.15, 0.2) is 10.3 Å². The molecule has 1 amide bonds. The number of rotatable bonds is 2. The molecule has 0 saturated carbocycles. The SMILES string of the molecule is O=C1N=C2SC([N+](=O)[O-])=CN2C2=NC(=S)NC(c3ccccc3O)C12. The van der Waals surface area contributed by atoms with Crippen molar-refractivity contribution in [2.75, 3.05) is 0 Å². The van der Waals surface area contributed by atoms with E-state index in [0.717, 1.165) is 11.8 Å². The van der Waals surface area contributed by atoms with Gasteiger partial charge in [0.05, 0.1) is 17.2 Å². The second-order valence-corrected chi connectivity index (χ2v) is 6.74. The summed E-state index contributed by atoms with van der Waals surface area (Å²) in [4.78, 5) is 32.6. The van der Waals surface area contributed by atoms with Crippen LogP contribution in [0.4, 0.5) is 0 Å². The van der Waals surface area contributed by atoms with E-state index in [0.29, 0.717) is 5.56 Å². The lowest BCUT2D eigenvalue weighted by atomic mass is 9.88. The van der Waals surface area contributed by atoms with Crippen LogP contribution in [0.25, 0.3) is 0 Å². The molecule has 3 heterocycles. The number of thiocarbonyl (C=S) groups is 1. The normalized spacial score (nSPS) is 24.6. The van der Waals surface area contributed by atoms with Crippen molar-refractivity contribution in [1.29, 1.82) is 0 Å². The molecule has 1 aromatic rings. The van der Waals surface area contributed by atoms with Gasteiger partial charge in [-0.2, -0.15) is 4.99 Å². The summed E-state index contributed by atoms with van der Waals surface area (Å²) < 4.78 is 0. The average Bonchev–Trinajstić information content (AvgIpc) is 2.99. The molecule has 3 aliphatic rings. The topological polar surface area (TPSA) is 120 Å². The molecule has 0 bridgehead atoms. The molecule has 0 saturated heterocycles. The van der Waals surface area contributed by atoms with E-state index in [9.17, 15) is 20.0 Å². The Bertz CT molecular complexity index is 926. The molecule has 4 rings (SSSR count). The fraction of sp³-hybridized carbons (Fsp3) is 0.143. The van der Waals surface area contributed by atoms with E-state index in [2.05, 4.69) is 15.3 Å². The maximum Gasteiger partial charge on any atom is 0.327 e. The lowest BCUT2D eigenvalue weighted by molar-refractivity contribution is -0.410. The molecule has 25 heavy (non-hydrogen) atoms. The highest BCUT2D eigenvalue weighted by molar-refractivity contribution is 8.17. The Kier molecular flexibility index (Phi) is 3.54. The number of hydrogen-bond acceptors (Lipinski definition) is 7. The van der Waals surface area contributed by atoms with Crippen LogP contribution in [-0.4, -0.2) is 37.0 Å². The number of phenolic OH excluding ortho intramolecular Hbond substituents is 1. The molecule has 3 aliphatic heterocycles. The standard InChI is InChI=1S/C14H9N5O4S2/c20-7-4-2-1-3-6(7)10-9-11(16-13(24)15-10)18-5-8(19(22)23)25-14(18)17-12(9)21/h1-5,9-10,20H,(H,15,24). The number of thioether (sulfide) groups is 1. The Hall–Kier alpha value is -2.79. The van der Waals surface area contributed by atoms with Crippen molar-refractivity contribution in [3.05, 3.63) is 51.2 Å². The summed E-state index contributed by atoms with van der Waals surface area (Å²) in [5, 5.41) is 24.2. The summed E-state index contributed by atoms with van der Waals surface area (Å²) in [6.45, 7) is 0. The molecule has 9 nitrogen and oxygen atoms in total. The van der Waals surface area contributed by atoms with Gasteiger partial charge in [0, 0.05) is 17.3 Å². The van der Waals surface area contributed by atoms with E-state index in [-0.39, 0.29) is 26.9 Å². The van der Waals surface area contributed by atoms with Crippen molar-refractivity contribution < 1.29 is 14.8 Å². The lowest BCUT2D eigenvalue weighted by Gasteiger charge is -2.36. The molecule has 0 aromatic heterocycles. The van der Waals surface area contributed by atoms with Gasteiger partial charge in [0.2, 0.25) is 0 Å². The Morgan fingerprint density at radius 2 is 2.12 bits per heavy atom. The van der Waals surface area contributed by atoms with Crippen molar-refractivity contribution >= 4 is 46.0 Å². The lowest BCUT2D eigenvalue weighted by Crippen LogP contribution is -2.52. The van der Waals surface area contributed by atoms with Gasteiger partial charge >= 0.3 is 5.03 Å². The number of nitrogens with zero attached hydrogens (tertiary/aromatic N) is 4. The van der Waals surface area contributed by atoms with Gasteiger partial charge in [-0.15, -0.1) is 0 Å². The van der Waals surface area contributed by atoms with Crippen molar-refractivity contribution in [3.8, 4) is 5.75 Å². The van der Waals surface area contributed by atoms with Crippen LogP contribution < -0.4 is 5.32 Å². The van der Waals surface area contributed by atoms with Gasteiger partial charge in [0.25, 0.3) is 5.91 Å². The van der Waals surface area contributed by atoms with E-state index in [1.807, 2.05) is 0 Å². The summed E-state index contributed by atoms with van der Waals surface area (Å²) in [5.41, 5.74) is 0.472. The molecule has 0 spiro atoms. The van der Waals surface area contributed by atoms with Gasteiger partial charge in [-0.3, -0.25) is 19.8 Å². The maximum atomic E-state index is 12.6. The van der Waals surface area contributed by atoms with Gasteiger partial charge in [-0.25, -0.2) is 4.99 Å². The molecule has 2 unspecified atom stereocenters. The average molecular weight is 375 g/mol. The minimum Gasteiger partial charge on any atom is -0.508 e. The van der Waals surface area contributed by atoms with Crippen molar-refractivity contribution in [2.24, 2.45) is 15.9 Å². The first kappa shape index (κ1) is 15.7. The van der Waals surface area contributed by atoms with E-state index < -0.39 is 22.8 Å². The molecule has 2 atom stereocenters. The Morgan fingerprint density at radius 1 is 1.36 bits per heavy atom. The number of fused-ring (bicyclic) bond motifs is 3. The number of aliphatic imine (C=N–C) groups is 2. The van der Waals surface area contributed by atoms with Crippen LogP contribution in [0.5, 0.6) is 5.75 Å². The van der Waals surface area contributed by atoms with Crippen LogP contribution in [-0.2, 0) is 4.79 Å². The molecule has 1 aromatic carbocycles. The predicted molar refractivity (Wildman–Crippen MR) is 94.5 cm³/mol. The van der Waals surface area contributed by atoms with E-state index in [4.69, 9.17) is 12.2 Å². The zero-order valence-electron chi connectivity index (χ0n) is 12.3. The number of amidine groups is 2. The van der Waals surface area contributed by atoms with Crippen LogP contribution in [0.2, 0.25) is 0 Å². The number of phenols is 1. The van der Waals surface area contributed by atoms with Crippen molar-refractivity contribution in [2.45, 2.75) is 6.04 Å². The molecule has 11 heteroatoms. The number of amides is 1. The first-order chi connectivity index (χ1) is 12.0. The number of carbonyl (C=O) groups excluding carboxylic acids is 1. The van der Waals surface area contributed by atoms with Crippen LogP contribution >= 0.6 is 24.0 Å². The van der Waals surface area contributed by atoms with Crippen LogP contribution in [0.15, 0.2) is 45.5 Å². The first-order valence-corrected chi connectivity index (χ1v) is 8.31. The second kappa shape index (κ2) is 5.63. The Morgan fingerprint density at radius 3 is 2.84 bits per heavy atom. The highest BCUT2D eigenvalue weighted by atomic mass is 32.2. The monoisotopic (exact) mass is 375 g/mol. The van der Waals surface area contributed by atoms with Crippen molar-refractivity contribution in [1.82, 2.24) is 10.2 Å². The zero-order valence-corrected chi connectivity index (χ0v) is 14.0. The Balaban J connectivity index is 1.82. The number of aromatic hydroxyl groups is 1. The summed E-state index contributed by atoms with van der Waals surface area (Å²) in [7, 11) is 0. The largest absolute Gasteiger partial charge is 0.508 e. The third-order valence-electron chi connectivity index (χ3n) is 3.92.